The van der Waals surface area contributed by atoms with Crippen molar-refractivity contribution >= 4 is 21.6 Å². The monoisotopic (exact) mass is 411 g/mol. The number of likely N-dealkylation sites (tertiary alicyclic amines) is 1. The van der Waals surface area contributed by atoms with Crippen molar-refractivity contribution in [3.8, 4) is 6.07 Å². The molecule has 2 aliphatic rings. The van der Waals surface area contributed by atoms with Crippen molar-refractivity contribution in [2.75, 3.05) is 24.5 Å². The maximum absolute atomic E-state index is 13.0. The molecule has 0 spiro atoms. The number of carboxylic acid groups (broad SMARTS) is 1. The normalized spacial score (nSPS) is 17.1. The number of benzene rings is 2. The third-order valence-electron chi connectivity index (χ3n) is 5.74. The first-order valence-corrected chi connectivity index (χ1v) is 11.0. The zero-order chi connectivity index (χ0) is 20.6. The summed E-state index contributed by atoms with van der Waals surface area (Å²) in [6, 6.07) is 13.5. The number of carbonyl (C=O) groups is 1. The molecule has 1 fully saturated rings. The molecule has 1 saturated heterocycles. The fourth-order valence-electron chi connectivity index (χ4n) is 4.19. The van der Waals surface area contributed by atoms with Gasteiger partial charge >= 0.3 is 6.09 Å². The summed E-state index contributed by atoms with van der Waals surface area (Å²) in [5.74, 6) is 0. The lowest BCUT2D eigenvalue weighted by Crippen LogP contribution is -2.46. The van der Waals surface area contributed by atoms with E-state index >= 15 is 0 Å². The van der Waals surface area contributed by atoms with E-state index in [-0.39, 0.29) is 15.8 Å². The third kappa shape index (κ3) is 3.54. The zero-order valence-electron chi connectivity index (χ0n) is 15.8. The topological polar surface area (TPSA) is 102 Å². The maximum Gasteiger partial charge on any atom is 0.407 e. The lowest BCUT2D eigenvalue weighted by Gasteiger charge is -2.37. The number of nitriles is 1. The molecule has 0 unspecified atom stereocenters. The van der Waals surface area contributed by atoms with Crippen LogP contribution >= 0.6 is 0 Å². The van der Waals surface area contributed by atoms with Gasteiger partial charge in [-0.2, -0.15) is 5.26 Å². The van der Waals surface area contributed by atoms with Crippen LogP contribution in [0.4, 0.5) is 10.5 Å². The molecule has 8 heteroatoms. The van der Waals surface area contributed by atoms with Gasteiger partial charge in [-0.05, 0) is 61.2 Å². The molecule has 7 nitrogen and oxygen atoms in total. The average molecular weight is 411 g/mol. The number of rotatable bonds is 3. The smallest absolute Gasteiger partial charge is 0.407 e. The molecule has 0 saturated carbocycles. The fourth-order valence-corrected chi connectivity index (χ4v) is 5.54. The molecule has 2 heterocycles. The van der Waals surface area contributed by atoms with Crippen molar-refractivity contribution in [2.45, 2.75) is 35.1 Å². The fraction of sp³-hybridized carbons (Fsp3) is 0.333. The molecule has 2 aliphatic heterocycles. The molecular weight excluding hydrogens is 390 g/mol. The molecule has 2 aromatic rings. The maximum atomic E-state index is 13.0. The van der Waals surface area contributed by atoms with Crippen LogP contribution in [0.15, 0.2) is 52.3 Å². The van der Waals surface area contributed by atoms with Crippen molar-refractivity contribution in [3.63, 3.8) is 0 Å². The first-order valence-electron chi connectivity index (χ1n) is 9.53. The second-order valence-corrected chi connectivity index (χ2v) is 9.33. The van der Waals surface area contributed by atoms with Gasteiger partial charge in [0.25, 0.3) is 0 Å². The Balaban J connectivity index is 1.57. The van der Waals surface area contributed by atoms with E-state index in [0.29, 0.717) is 18.7 Å². The minimum absolute atomic E-state index is 0.118. The van der Waals surface area contributed by atoms with Crippen LogP contribution in [0.25, 0.3) is 0 Å². The zero-order valence-corrected chi connectivity index (χ0v) is 16.6. The van der Waals surface area contributed by atoms with Gasteiger partial charge < -0.3 is 14.9 Å². The van der Waals surface area contributed by atoms with Crippen LogP contribution in [0.5, 0.6) is 0 Å². The van der Waals surface area contributed by atoms with E-state index in [9.17, 15) is 13.2 Å². The van der Waals surface area contributed by atoms with Crippen LogP contribution < -0.4 is 4.90 Å². The largest absolute Gasteiger partial charge is 0.465 e. The van der Waals surface area contributed by atoms with Gasteiger partial charge in [0.2, 0.25) is 9.84 Å². The Morgan fingerprint density at radius 2 is 1.79 bits per heavy atom. The SMILES string of the molecule is N#Cc1cccc(S(=O)(=O)c2ccc3c(c2)CCN3C2CCN(C(=O)O)CC2)c1. The number of fused-ring (bicyclic) bond motifs is 1. The van der Waals surface area contributed by atoms with Crippen LogP contribution in [0.2, 0.25) is 0 Å². The quantitative estimate of drug-likeness (QED) is 0.833. The van der Waals surface area contributed by atoms with Crippen LogP contribution in [0, 0.1) is 11.3 Å². The molecule has 0 aromatic heterocycles. The second-order valence-electron chi connectivity index (χ2n) is 7.38. The van der Waals surface area contributed by atoms with Gasteiger partial charge in [-0.25, -0.2) is 13.2 Å². The molecule has 4 rings (SSSR count). The van der Waals surface area contributed by atoms with E-state index in [2.05, 4.69) is 4.90 Å². The first kappa shape index (κ1) is 19.3. The average Bonchev–Trinajstić information content (AvgIpc) is 3.17. The number of nitrogens with zero attached hydrogens (tertiary/aromatic N) is 3. The number of hydrogen-bond acceptors (Lipinski definition) is 5. The summed E-state index contributed by atoms with van der Waals surface area (Å²) >= 11 is 0. The van der Waals surface area contributed by atoms with Crippen LogP contribution in [-0.2, 0) is 16.3 Å². The Bertz CT molecular complexity index is 1100. The molecule has 0 bridgehead atoms. The molecule has 0 radical (unpaired) electrons. The number of sulfone groups is 1. The predicted molar refractivity (Wildman–Crippen MR) is 107 cm³/mol. The van der Waals surface area contributed by atoms with E-state index < -0.39 is 15.9 Å². The lowest BCUT2D eigenvalue weighted by atomic mass is 10.0. The van der Waals surface area contributed by atoms with Gasteiger partial charge in [-0.3, -0.25) is 0 Å². The molecule has 29 heavy (non-hydrogen) atoms. The molecule has 1 amide bonds. The Labute approximate surface area is 169 Å². The second kappa shape index (κ2) is 7.41. The Morgan fingerprint density at radius 1 is 1.07 bits per heavy atom. The van der Waals surface area contributed by atoms with Gasteiger partial charge in [-0.1, -0.05) is 6.07 Å². The number of amides is 1. The molecule has 1 N–H and O–H groups in total. The van der Waals surface area contributed by atoms with Crippen LogP contribution in [0.1, 0.15) is 24.0 Å². The van der Waals surface area contributed by atoms with E-state index in [1.165, 1.54) is 17.0 Å². The molecular formula is C21H21N3O4S. The predicted octanol–water partition coefficient (Wildman–Crippen LogP) is 2.90. The first-order chi connectivity index (χ1) is 13.9. The van der Waals surface area contributed by atoms with Crippen molar-refractivity contribution in [3.05, 3.63) is 53.6 Å². The van der Waals surface area contributed by atoms with Crippen molar-refractivity contribution in [1.29, 1.82) is 5.26 Å². The highest BCUT2D eigenvalue weighted by atomic mass is 32.2. The summed E-state index contributed by atoms with van der Waals surface area (Å²) in [5.41, 5.74) is 2.33. The van der Waals surface area contributed by atoms with Crippen LogP contribution in [-0.4, -0.2) is 50.2 Å². The van der Waals surface area contributed by atoms with Gasteiger partial charge in [0.1, 0.15) is 0 Å². The Hall–Kier alpha value is -3.05. The van der Waals surface area contributed by atoms with E-state index in [1.807, 2.05) is 12.1 Å². The molecule has 0 aliphatic carbocycles. The van der Waals surface area contributed by atoms with Crippen molar-refractivity contribution < 1.29 is 18.3 Å². The summed E-state index contributed by atoms with van der Waals surface area (Å²) in [7, 11) is -3.69. The highest BCUT2D eigenvalue weighted by molar-refractivity contribution is 7.91. The van der Waals surface area contributed by atoms with E-state index in [1.54, 1.807) is 24.3 Å². The third-order valence-corrected chi connectivity index (χ3v) is 7.49. The Morgan fingerprint density at radius 3 is 2.48 bits per heavy atom. The molecule has 150 valence electrons. The van der Waals surface area contributed by atoms with Gasteiger partial charge in [0.05, 0.1) is 21.4 Å². The minimum atomic E-state index is -3.69. The van der Waals surface area contributed by atoms with Crippen molar-refractivity contribution in [1.82, 2.24) is 4.90 Å². The summed E-state index contributed by atoms with van der Waals surface area (Å²) in [6.07, 6.45) is 1.43. The van der Waals surface area contributed by atoms with Gasteiger partial charge in [-0.15, -0.1) is 0 Å². The van der Waals surface area contributed by atoms with E-state index in [4.69, 9.17) is 10.4 Å². The highest BCUT2D eigenvalue weighted by Gasteiger charge is 2.31. The van der Waals surface area contributed by atoms with Gasteiger partial charge in [0.15, 0.2) is 0 Å². The minimum Gasteiger partial charge on any atom is -0.465 e. The van der Waals surface area contributed by atoms with Crippen LogP contribution in [0.3, 0.4) is 0 Å². The summed E-state index contributed by atoms with van der Waals surface area (Å²) < 4.78 is 26.0. The van der Waals surface area contributed by atoms with E-state index in [0.717, 1.165) is 37.1 Å². The number of anilines is 1. The summed E-state index contributed by atoms with van der Waals surface area (Å²) in [6.45, 7) is 1.85. The lowest BCUT2D eigenvalue weighted by molar-refractivity contribution is 0.131. The van der Waals surface area contributed by atoms with Gasteiger partial charge in [0, 0.05) is 31.4 Å². The Kier molecular flexibility index (Phi) is 4.92. The number of piperidine rings is 1. The highest BCUT2D eigenvalue weighted by Crippen LogP contribution is 2.35. The number of hydrogen-bond donors (Lipinski definition) is 1. The molecule has 0 atom stereocenters. The summed E-state index contributed by atoms with van der Waals surface area (Å²) in [5, 5.41) is 18.2. The standard InChI is InChI=1S/C21H21N3O4S/c22-14-15-2-1-3-18(12-15)29(27,28)19-4-5-20-16(13-19)6-11-24(20)17-7-9-23(10-8-17)21(25)26/h1-5,12-13,17H,6-11H2,(H,25,26). The molecule has 2 aromatic carbocycles. The van der Waals surface area contributed by atoms with Crippen molar-refractivity contribution in [2.24, 2.45) is 0 Å². The summed E-state index contributed by atoms with van der Waals surface area (Å²) in [4.78, 5) is 15.2.